The van der Waals surface area contributed by atoms with Crippen molar-refractivity contribution in [3.63, 3.8) is 0 Å². The van der Waals surface area contributed by atoms with Crippen LogP contribution in [0.5, 0.6) is 0 Å². The number of rotatable bonds is 5. The summed E-state index contributed by atoms with van der Waals surface area (Å²) in [5.74, 6) is 0.940. The van der Waals surface area contributed by atoms with Crippen LogP contribution in [-0.2, 0) is 13.0 Å². The molecule has 0 spiro atoms. The van der Waals surface area contributed by atoms with Crippen LogP contribution < -0.4 is 0 Å². The summed E-state index contributed by atoms with van der Waals surface area (Å²) in [6, 6.07) is 5.43. The number of aromatic carboxylic acids is 1. The van der Waals surface area contributed by atoms with Crippen molar-refractivity contribution in [2.45, 2.75) is 45.6 Å². The summed E-state index contributed by atoms with van der Waals surface area (Å²) in [7, 11) is 0. The number of nitrogens with zero attached hydrogens (tertiary/aromatic N) is 2. The molecule has 4 nitrogen and oxygen atoms in total. The third kappa shape index (κ3) is 2.19. The average molecular weight is 272 g/mol. The number of benzene rings is 1. The summed E-state index contributed by atoms with van der Waals surface area (Å²) in [4.78, 5) is 15.9. The van der Waals surface area contributed by atoms with Crippen molar-refractivity contribution in [2.75, 3.05) is 0 Å². The minimum atomic E-state index is -0.901. The molecule has 1 aliphatic carbocycles. The zero-order valence-electron chi connectivity index (χ0n) is 11.8. The second kappa shape index (κ2) is 5.27. The molecule has 0 radical (unpaired) electrons. The predicted molar refractivity (Wildman–Crippen MR) is 78.0 cm³/mol. The van der Waals surface area contributed by atoms with Gasteiger partial charge in [-0.1, -0.05) is 32.3 Å². The molecule has 0 atom stereocenters. The summed E-state index contributed by atoms with van der Waals surface area (Å²) in [6.45, 7) is 3.02. The van der Waals surface area contributed by atoms with Gasteiger partial charge >= 0.3 is 5.97 Å². The Morgan fingerprint density at radius 1 is 1.45 bits per heavy atom. The molecule has 20 heavy (non-hydrogen) atoms. The minimum absolute atomic E-state index is 0.305. The first-order valence-electron chi connectivity index (χ1n) is 7.42. The minimum Gasteiger partial charge on any atom is -0.478 e. The first kappa shape index (κ1) is 13.2. The highest BCUT2D eigenvalue weighted by Crippen LogP contribution is 2.31. The maximum atomic E-state index is 11.3. The Bertz CT molecular complexity index is 641. The number of hydrogen-bond donors (Lipinski definition) is 1. The van der Waals surface area contributed by atoms with Crippen molar-refractivity contribution in [1.82, 2.24) is 9.55 Å². The molecule has 1 aromatic heterocycles. The second-order valence-electron chi connectivity index (χ2n) is 5.60. The average Bonchev–Trinajstić information content (AvgIpc) is 2.74. The molecule has 0 bridgehead atoms. The quantitative estimate of drug-likeness (QED) is 0.906. The highest BCUT2D eigenvalue weighted by Gasteiger charge is 2.20. The summed E-state index contributed by atoms with van der Waals surface area (Å²) >= 11 is 0. The van der Waals surface area contributed by atoms with Crippen molar-refractivity contribution >= 4 is 17.0 Å². The summed E-state index contributed by atoms with van der Waals surface area (Å²) in [6.07, 6.45) is 6.05. The third-order valence-corrected chi connectivity index (χ3v) is 4.39. The van der Waals surface area contributed by atoms with E-state index in [0.29, 0.717) is 11.1 Å². The van der Waals surface area contributed by atoms with Gasteiger partial charge < -0.3 is 9.67 Å². The van der Waals surface area contributed by atoms with E-state index in [-0.39, 0.29) is 0 Å². The maximum absolute atomic E-state index is 11.3. The molecule has 0 unspecified atom stereocenters. The lowest BCUT2D eigenvalue weighted by Gasteiger charge is -2.25. The molecule has 2 aromatic rings. The molecular weight excluding hydrogens is 252 g/mol. The van der Waals surface area contributed by atoms with Crippen molar-refractivity contribution in [3.8, 4) is 0 Å². The Morgan fingerprint density at radius 3 is 2.85 bits per heavy atom. The molecule has 1 heterocycles. The molecular formula is C16H20N2O2. The Balaban J connectivity index is 2.00. The highest BCUT2D eigenvalue weighted by molar-refractivity contribution is 6.01. The topological polar surface area (TPSA) is 55.1 Å². The zero-order valence-corrected chi connectivity index (χ0v) is 11.8. The van der Waals surface area contributed by atoms with Gasteiger partial charge in [-0.05, 0) is 24.5 Å². The van der Waals surface area contributed by atoms with Crippen LogP contribution in [0.3, 0.4) is 0 Å². The van der Waals surface area contributed by atoms with E-state index in [4.69, 9.17) is 0 Å². The Morgan fingerprint density at radius 2 is 2.25 bits per heavy atom. The number of hydrogen-bond acceptors (Lipinski definition) is 2. The fraction of sp³-hybridized carbons (Fsp3) is 0.500. The van der Waals surface area contributed by atoms with E-state index >= 15 is 0 Å². The number of carboxylic acids is 1. The number of carboxylic acid groups (broad SMARTS) is 1. The van der Waals surface area contributed by atoms with Crippen LogP contribution in [0.4, 0.5) is 0 Å². The first-order chi connectivity index (χ1) is 9.70. The molecule has 0 aliphatic heterocycles. The van der Waals surface area contributed by atoms with Gasteiger partial charge in [0.25, 0.3) is 0 Å². The van der Waals surface area contributed by atoms with Crippen molar-refractivity contribution in [3.05, 3.63) is 29.6 Å². The van der Waals surface area contributed by atoms with Crippen LogP contribution in [0, 0.1) is 5.92 Å². The van der Waals surface area contributed by atoms with Crippen molar-refractivity contribution in [1.29, 1.82) is 0 Å². The monoisotopic (exact) mass is 272 g/mol. The molecule has 106 valence electrons. The second-order valence-corrected chi connectivity index (χ2v) is 5.60. The van der Waals surface area contributed by atoms with E-state index in [1.54, 1.807) is 6.07 Å². The number of carbonyl (C=O) groups is 1. The smallest absolute Gasteiger partial charge is 0.337 e. The normalized spacial score (nSPS) is 15.4. The third-order valence-electron chi connectivity index (χ3n) is 4.39. The summed E-state index contributed by atoms with van der Waals surface area (Å²) in [5, 5.41) is 9.27. The van der Waals surface area contributed by atoms with Crippen molar-refractivity contribution < 1.29 is 9.90 Å². The molecule has 1 aliphatic rings. The summed E-state index contributed by atoms with van der Waals surface area (Å²) in [5.41, 5.74) is 1.89. The lowest BCUT2D eigenvalue weighted by atomic mass is 9.83. The van der Waals surface area contributed by atoms with E-state index in [9.17, 15) is 9.90 Å². The lowest BCUT2D eigenvalue weighted by Crippen LogP contribution is -2.14. The Kier molecular flexibility index (Phi) is 3.47. The van der Waals surface area contributed by atoms with Gasteiger partial charge in [0.2, 0.25) is 0 Å². The Labute approximate surface area is 118 Å². The van der Waals surface area contributed by atoms with E-state index in [1.807, 2.05) is 12.1 Å². The van der Waals surface area contributed by atoms with Gasteiger partial charge in [-0.3, -0.25) is 0 Å². The van der Waals surface area contributed by atoms with Crippen LogP contribution in [0.2, 0.25) is 0 Å². The molecule has 3 rings (SSSR count). The van der Waals surface area contributed by atoms with Gasteiger partial charge in [-0.2, -0.15) is 0 Å². The Hall–Kier alpha value is -1.84. The van der Waals surface area contributed by atoms with Gasteiger partial charge in [0, 0.05) is 13.0 Å². The fourth-order valence-electron chi connectivity index (χ4n) is 2.98. The number of para-hydroxylation sites is 1. The molecule has 0 saturated heterocycles. The highest BCUT2D eigenvalue weighted by atomic mass is 16.4. The van der Waals surface area contributed by atoms with E-state index < -0.39 is 5.97 Å². The fourth-order valence-corrected chi connectivity index (χ4v) is 2.98. The largest absolute Gasteiger partial charge is 0.478 e. The zero-order chi connectivity index (χ0) is 14.1. The molecule has 1 aromatic carbocycles. The van der Waals surface area contributed by atoms with E-state index in [2.05, 4.69) is 16.5 Å². The number of aromatic nitrogens is 2. The van der Waals surface area contributed by atoms with Crippen LogP contribution in [0.1, 0.15) is 48.8 Å². The van der Waals surface area contributed by atoms with Crippen LogP contribution in [-0.4, -0.2) is 20.6 Å². The number of imidazole rings is 1. The standard InChI is InChI=1S/C16H20N2O2/c1-2-14-17-15-12(16(19)20)7-4-8-13(15)18(14)10-9-11-5-3-6-11/h4,7-8,11H,2-3,5-6,9-10H2,1H3,(H,19,20). The van der Waals surface area contributed by atoms with Gasteiger partial charge in [0.15, 0.2) is 0 Å². The van der Waals surface area contributed by atoms with Crippen LogP contribution in [0.15, 0.2) is 18.2 Å². The van der Waals surface area contributed by atoms with Crippen LogP contribution >= 0.6 is 0 Å². The summed E-state index contributed by atoms with van der Waals surface area (Å²) < 4.78 is 2.21. The van der Waals surface area contributed by atoms with Gasteiger partial charge in [-0.15, -0.1) is 0 Å². The van der Waals surface area contributed by atoms with Crippen molar-refractivity contribution in [2.24, 2.45) is 5.92 Å². The van der Waals surface area contributed by atoms with E-state index in [1.165, 1.54) is 25.7 Å². The SMILES string of the molecule is CCc1nc2c(C(=O)O)cccc2n1CCC1CCC1. The maximum Gasteiger partial charge on any atom is 0.337 e. The number of fused-ring (bicyclic) bond motifs is 1. The number of aryl methyl sites for hydroxylation is 2. The predicted octanol–water partition coefficient (Wildman–Crippen LogP) is 3.49. The van der Waals surface area contributed by atoms with E-state index in [0.717, 1.165) is 30.2 Å². The molecule has 4 heteroatoms. The van der Waals surface area contributed by atoms with Gasteiger partial charge in [0.05, 0.1) is 11.1 Å². The van der Waals surface area contributed by atoms with Gasteiger partial charge in [-0.25, -0.2) is 9.78 Å². The van der Waals surface area contributed by atoms with Crippen LogP contribution in [0.25, 0.3) is 11.0 Å². The first-order valence-corrected chi connectivity index (χ1v) is 7.42. The molecule has 0 amide bonds. The van der Waals surface area contributed by atoms with Gasteiger partial charge in [0.1, 0.15) is 11.3 Å². The lowest BCUT2D eigenvalue weighted by molar-refractivity contribution is 0.0699. The molecule has 1 fully saturated rings. The molecule has 1 N–H and O–H groups in total. The molecule has 1 saturated carbocycles.